The van der Waals surface area contributed by atoms with Gasteiger partial charge in [-0.25, -0.2) is 8.42 Å². The Morgan fingerprint density at radius 1 is 1.26 bits per heavy atom. The summed E-state index contributed by atoms with van der Waals surface area (Å²) in [6.45, 7) is 1.97. The molecular formula is C14H22N2O6S. The molecule has 1 aliphatic heterocycles. The number of nitrogens with one attached hydrogen (secondary N) is 1. The van der Waals surface area contributed by atoms with Crippen LogP contribution in [0.3, 0.4) is 0 Å². The van der Waals surface area contributed by atoms with Crippen molar-refractivity contribution in [3.8, 4) is 0 Å². The molecule has 1 saturated heterocycles. The van der Waals surface area contributed by atoms with Crippen molar-refractivity contribution in [2.75, 3.05) is 31.7 Å². The van der Waals surface area contributed by atoms with Gasteiger partial charge in [-0.15, -0.1) is 0 Å². The van der Waals surface area contributed by atoms with Crippen LogP contribution >= 0.6 is 0 Å². The zero-order valence-electron chi connectivity index (χ0n) is 13.3. The Morgan fingerprint density at radius 3 is 2.48 bits per heavy atom. The zero-order chi connectivity index (χ0) is 17.2. The molecule has 1 heterocycles. The van der Waals surface area contributed by atoms with E-state index in [0.717, 1.165) is 0 Å². The van der Waals surface area contributed by atoms with E-state index in [2.05, 4.69) is 10.1 Å². The fraction of sp³-hybridized carbons (Fsp3) is 0.786. The van der Waals surface area contributed by atoms with Crippen molar-refractivity contribution in [2.24, 2.45) is 11.8 Å². The van der Waals surface area contributed by atoms with Gasteiger partial charge in [-0.3, -0.25) is 14.4 Å². The van der Waals surface area contributed by atoms with Crippen molar-refractivity contribution < 1.29 is 27.5 Å². The highest BCUT2D eigenvalue weighted by Crippen LogP contribution is 2.40. The Hall–Kier alpha value is -1.64. The number of hydrogen-bond donors (Lipinski definition) is 1. The van der Waals surface area contributed by atoms with E-state index in [1.807, 2.05) is 0 Å². The molecule has 0 unspecified atom stereocenters. The second-order valence-electron chi connectivity index (χ2n) is 5.99. The summed E-state index contributed by atoms with van der Waals surface area (Å²) in [5.41, 5.74) is 0. The number of ether oxygens (including phenoxy) is 1. The molecule has 0 aromatic heterocycles. The van der Waals surface area contributed by atoms with Crippen LogP contribution in [0, 0.1) is 11.8 Å². The van der Waals surface area contributed by atoms with Crippen molar-refractivity contribution >= 4 is 27.6 Å². The highest BCUT2D eigenvalue weighted by molar-refractivity contribution is 7.91. The fourth-order valence-electron chi connectivity index (χ4n) is 2.82. The van der Waals surface area contributed by atoms with Gasteiger partial charge >= 0.3 is 5.97 Å². The van der Waals surface area contributed by atoms with Crippen LogP contribution in [0.1, 0.15) is 19.8 Å². The first-order chi connectivity index (χ1) is 10.8. The highest BCUT2D eigenvalue weighted by atomic mass is 32.2. The molecule has 23 heavy (non-hydrogen) atoms. The molecule has 130 valence electrons. The monoisotopic (exact) mass is 346 g/mol. The van der Waals surface area contributed by atoms with E-state index in [1.165, 1.54) is 12.0 Å². The predicted octanol–water partition coefficient (Wildman–Crippen LogP) is -1.05. The van der Waals surface area contributed by atoms with Gasteiger partial charge in [0, 0.05) is 12.6 Å². The van der Waals surface area contributed by atoms with Crippen LogP contribution in [0.4, 0.5) is 0 Å². The SMILES string of the molecule is CCN(CC(=O)N[C@@H]1CCS(=O)(=O)C1)C(=O)[C@H]1C[C@@H]1C(=O)OC. The van der Waals surface area contributed by atoms with Crippen molar-refractivity contribution in [3.05, 3.63) is 0 Å². The number of rotatable bonds is 6. The molecule has 1 saturated carbocycles. The summed E-state index contributed by atoms with van der Waals surface area (Å²) in [6.07, 6.45) is 0.853. The van der Waals surface area contributed by atoms with Crippen molar-refractivity contribution in [1.82, 2.24) is 10.2 Å². The summed E-state index contributed by atoms with van der Waals surface area (Å²) >= 11 is 0. The fourth-order valence-corrected chi connectivity index (χ4v) is 4.49. The summed E-state index contributed by atoms with van der Waals surface area (Å²) in [4.78, 5) is 37.1. The average Bonchev–Trinajstić information content (AvgIpc) is 3.22. The van der Waals surface area contributed by atoms with Crippen LogP contribution in [0.15, 0.2) is 0 Å². The van der Waals surface area contributed by atoms with Gasteiger partial charge < -0.3 is 15.0 Å². The molecule has 0 spiro atoms. The van der Waals surface area contributed by atoms with E-state index < -0.39 is 27.6 Å². The quantitative estimate of drug-likeness (QED) is 0.615. The van der Waals surface area contributed by atoms with Gasteiger partial charge in [0.1, 0.15) is 0 Å². The first kappa shape index (κ1) is 17.7. The van der Waals surface area contributed by atoms with Crippen LogP contribution in [0.2, 0.25) is 0 Å². The summed E-state index contributed by atoms with van der Waals surface area (Å²) < 4.78 is 27.4. The van der Waals surface area contributed by atoms with Crippen molar-refractivity contribution in [3.63, 3.8) is 0 Å². The third-order valence-electron chi connectivity index (χ3n) is 4.24. The van der Waals surface area contributed by atoms with Crippen LogP contribution in [0.25, 0.3) is 0 Å². The van der Waals surface area contributed by atoms with Crippen molar-refractivity contribution in [2.45, 2.75) is 25.8 Å². The lowest BCUT2D eigenvalue weighted by Crippen LogP contribution is -2.45. The minimum absolute atomic E-state index is 0.0498. The van der Waals surface area contributed by atoms with E-state index in [-0.39, 0.29) is 35.9 Å². The molecule has 9 heteroatoms. The lowest BCUT2D eigenvalue weighted by atomic mass is 10.2. The molecule has 2 fully saturated rings. The minimum atomic E-state index is -3.06. The Balaban J connectivity index is 1.84. The lowest BCUT2D eigenvalue weighted by Gasteiger charge is -2.21. The standard InChI is InChI=1S/C14H22N2O6S/c1-3-16(13(18)10-6-11(10)14(19)22-2)7-12(17)15-9-4-5-23(20,21)8-9/h9-11H,3-8H2,1-2H3,(H,15,17)/t9-,10+,11+/m1/s1. The molecule has 3 atom stereocenters. The van der Waals surface area contributed by atoms with Gasteiger partial charge in [0.15, 0.2) is 9.84 Å². The predicted molar refractivity (Wildman–Crippen MR) is 81.1 cm³/mol. The van der Waals surface area contributed by atoms with Crippen LogP contribution in [-0.4, -0.2) is 68.8 Å². The molecule has 8 nitrogen and oxygen atoms in total. The maximum atomic E-state index is 12.3. The van der Waals surface area contributed by atoms with E-state index in [9.17, 15) is 22.8 Å². The Kier molecular flexibility index (Phi) is 5.28. The van der Waals surface area contributed by atoms with Gasteiger partial charge in [0.25, 0.3) is 0 Å². The van der Waals surface area contributed by atoms with E-state index in [0.29, 0.717) is 19.4 Å². The van der Waals surface area contributed by atoms with Gasteiger partial charge in [-0.2, -0.15) is 0 Å². The number of methoxy groups -OCH3 is 1. The third-order valence-corrected chi connectivity index (χ3v) is 6.00. The van der Waals surface area contributed by atoms with E-state index in [4.69, 9.17) is 0 Å². The zero-order valence-corrected chi connectivity index (χ0v) is 14.1. The normalized spacial score (nSPS) is 28.0. The van der Waals surface area contributed by atoms with Gasteiger partial charge in [0.05, 0.1) is 37.0 Å². The number of carbonyl (C=O) groups excluding carboxylic acids is 3. The molecule has 0 radical (unpaired) electrons. The molecule has 2 amide bonds. The summed E-state index contributed by atoms with van der Waals surface area (Å²) in [5, 5.41) is 2.66. The Bertz CT molecular complexity index is 602. The number of esters is 1. The number of nitrogens with zero attached hydrogens (tertiary/aromatic N) is 1. The molecule has 2 aliphatic rings. The highest BCUT2D eigenvalue weighted by Gasteiger charge is 2.50. The lowest BCUT2D eigenvalue weighted by molar-refractivity contribution is -0.145. The van der Waals surface area contributed by atoms with E-state index >= 15 is 0 Å². The Morgan fingerprint density at radius 2 is 1.96 bits per heavy atom. The molecule has 2 rings (SSSR count). The van der Waals surface area contributed by atoms with Crippen molar-refractivity contribution in [1.29, 1.82) is 0 Å². The topological polar surface area (TPSA) is 110 Å². The minimum Gasteiger partial charge on any atom is -0.469 e. The second kappa shape index (κ2) is 6.86. The van der Waals surface area contributed by atoms with Crippen LogP contribution in [-0.2, 0) is 29.0 Å². The maximum absolute atomic E-state index is 12.3. The number of amides is 2. The van der Waals surface area contributed by atoms with Gasteiger partial charge in [-0.1, -0.05) is 0 Å². The smallest absolute Gasteiger partial charge is 0.309 e. The summed E-state index contributed by atoms with van der Waals surface area (Å²) in [7, 11) is -1.78. The number of sulfone groups is 1. The van der Waals surface area contributed by atoms with Crippen LogP contribution < -0.4 is 5.32 Å². The van der Waals surface area contributed by atoms with Crippen LogP contribution in [0.5, 0.6) is 0 Å². The van der Waals surface area contributed by atoms with Gasteiger partial charge in [-0.05, 0) is 19.8 Å². The Labute approximate surface area is 135 Å². The molecule has 1 N–H and O–H groups in total. The van der Waals surface area contributed by atoms with E-state index in [1.54, 1.807) is 6.92 Å². The molecule has 0 aromatic carbocycles. The molecule has 0 bridgehead atoms. The second-order valence-corrected chi connectivity index (χ2v) is 8.22. The maximum Gasteiger partial charge on any atom is 0.309 e. The number of hydrogen-bond acceptors (Lipinski definition) is 6. The number of carbonyl (C=O) groups is 3. The first-order valence-electron chi connectivity index (χ1n) is 7.63. The molecule has 0 aromatic rings. The summed E-state index contributed by atoms with van der Waals surface area (Å²) in [6, 6.07) is -0.384. The summed E-state index contributed by atoms with van der Waals surface area (Å²) in [5.74, 6) is -1.82. The average molecular weight is 346 g/mol. The first-order valence-corrected chi connectivity index (χ1v) is 9.46. The largest absolute Gasteiger partial charge is 0.469 e. The number of likely N-dealkylation sites (N-methyl/N-ethyl adjacent to an activating group) is 1. The molecule has 1 aliphatic carbocycles. The van der Waals surface area contributed by atoms with Gasteiger partial charge in [0.2, 0.25) is 11.8 Å². The molecular weight excluding hydrogens is 324 g/mol. The third kappa shape index (κ3) is 4.43.